The average Bonchev–Trinajstić information content (AvgIpc) is 2.19. The normalized spacial score (nSPS) is 9.08. The number of aliphatic hydroxyl groups excluding tert-OH is 1. The lowest BCUT2D eigenvalue weighted by molar-refractivity contribution is 0.281. The van der Waals surface area contributed by atoms with Gasteiger partial charge in [-0.05, 0) is 17.6 Å². The fraction of sp³-hybridized carbons (Fsp3) is 0.300. The number of alkyl halides is 1. The molecule has 0 aliphatic heterocycles. The van der Waals surface area contributed by atoms with Crippen molar-refractivity contribution in [3.8, 4) is 11.8 Å². The first-order valence-corrected chi connectivity index (χ1v) is 4.51. The van der Waals surface area contributed by atoms with Gasteiger partial charge >= 0.3 is 0 Å². The average molecular weight is 196 g/mol. The van der Waals surface area contributed by atoms with Crippen LogP contribution in [0.25, 0.3) is 0 Å². The minimum atomic E-state index is 0.0163. The fourth-order valence-electron chi connectivity index (χ4n) is 0.792. The number of halogens is 1. The molecule has 0 aliphatic carbocycles. The molecule has 0 saturated heterocycles. The van der Waals surface area contributed by atoms with E-state index >= 15 is 0 Å². The third-order valence-corrected chi connectivity index (χ3v) is 1.63. The molecule has 0 radical (unpaired) electrons. The van der Waals surface area contributed by atoms with Crippen LogP contribution in [0.15, 0.2) is 18.3 Å². The number of aliphatic hydroxyl groups is 1. The highest BCUT2D eigenvalue weighted by Crippen LogP contribution is 1.98. The Balaban J connectivity index is 2.65. The van der Waals surface area contributed by atoms with E-state index < -0.39 is 0 Å². The van der Waals surface area contributed by atoms with Crippen LogP contribution in [0.1, 0.15) is 17.7 Å². The Morgan fingerprint density at radius 3 is 2.85 bits per heavy atom. The van der Waals surface area contributed by atoms with Crippen LogP contribution in [0, 0.1) is 11.8 Å². The van der Waals surface area contributed by atoms with Crippen LogP contribution in [-0.2, 0) is 6.61 Å². The van der Waals surface area contributed by atoms with Crippen LogP contribution in [0.3, 0.4) is 0 Å². The van der Waals surface area contributed by atoms with Crippen LogP contribution >= 0.6 is 11.6 Å². The van der Waals surface area contributed by atoms with Gasteiger partial charge in [0.25, 0.3) is 0 Å². The van der Waals surface area contributed by atoms with Gasteiger partial charge in [-0.1, -0.05) is 12.0 Å². The molecule has 68 valence electrons. The van der Waals surface area contributed by atoms with Crippen molar-refractivity contribution >= 4 is 11.6 Å². The summed E-state index contributed by atoms with van der Waals surface area (Å²) in [5, 5.41) is 8.75. The van der Waals surface area contributed by atoms with Crippen molar-refractivity contribution in [1.82, 2.24) is 4.98 Å². The van der Waals surface area contributed by atoms with Crippen LogP contribution in [-0.4, -0.2) is 16.0 Å². The van der Waals surface area contributed by atoms with Crippen molar-refractivity contribution in [1.29, 1.82) is 0 Å². The highest BCUT2D eigenvalue weighted by atomic mass is 35.5. The molecule has 3 heteroatoms. The van der Waals surface area contributed by atoms with Crippen LogP contribution in [0.4, 0.5) is 0 Å². The van der Waals surface area contributed by atoms with Gasteiger partial charge in [-0.3, -0.25) is 0 Å². The summed E-state index contributed by atoms with van der Waals surface area (Å²) in [5.41, 5.74) is 1.50. The van der Waals surface area contributed by atoms with E-state index in [9.17, 15) is 0 Å². The number of rotatable bonds is 2. The van der Waals surface area contributed by atoms with Crippen molar-refractivity contribution in [3.63, 3.8) is 0 Å². The zero-order valence-electron chi connectivity index (χ0n) is 7.13. The number of nitrogens with zero attached hydrogens (tertiary/aromatic N) is 1. The maximum absolute atomic E-state index is 8.75. The highest BCUT2D eigenvalue weighted by Gasteiger charge is 1.90. The molecule has 0 spiro atoms. The predicted molar refractivity (Wildman–Crippen MR) is 52.4 cm³/mol. The number of hydrogen-bond donors (Lipinski definition) is 1. The van der Waals surface area contributed by atoms with E-state index in [1.165, 1.54) is 0 Å². The molecule has 0 aliphatic rings. The monoisotopic (exact) mass is 195 g/mol. The molecule has 0 unspecified atom stereocenters. The first-order valence-electron chi connectivity index (χ1n) is 3.97. The first-order chi connectivity index (χ1) is 6.36. The second-order valence-electron chi connectivity index (χ2n) is 2.45. The Kier molecular flexibility index (Phi) is 4.31. The molecule has 1 aromatic rings. The minimum absolute atomic E-state index is 0.0163. The topological polar surface area (TPSA) is 33.1 Å². The highest BCUT2D eigenvalue weighted by molar-refractivity contribution is 6.18. The van der Waals surface area contributed by atoms with Crippen molar-refractivity contribution in [2.24, 2.45) is 0 Å². The summed E-state index contributed by atoms with van der Waals surface area (Å²) in [6.45, 7) is 0.0163. The van der Waals surface area contributed by atoms with E-state index in [0.29, 0.717) is 18.0 Å². The van der Waals surface area contributed by atoms with Crippen LogP contribution in [0.5, 0.6) is 0 Å². The van der Waals surface area contributed by atoms with Crippen LogP contribution in [0.2, 0.25) is 0 Å². The molecule has 0 fully saturated rings. The molecular weight excluding hydrogens is 186 g/mol. The Labute approximate surface area is 82.6 Å². The summed E-state index contributed by atoms with van der Waals surface area (Å²) < 4.78 is 0. The second-order valence-corrected chi connectivity index (χ2v) is 2.83. The molecule has 0 saturated carbocycles. The van der Waals surface area contributed by atoms with E-state index in [1.807, 2.05) is 0 Å². The van der Waals surface area contributed by atoms with Gasteiger partial charge in [-0.2, -0.15) is 0 Å². The quantitative estimate of drug-likeness (QED) is 0.574. The Hall–Kier alpha value is -1.04. The largest absolute Gasteiger partial charge is 0.392 e. The molecule has 13 heavy (non-hydrogen) atoms. The van der Waals surface area contributed by atoms with Gasteiger partial charge in [-0.15, -0.1) is 11.6 Å². The lowest BCUT2D eigenvalue weighted by Crippen LogP contribution is -1.87. The van der Waals surface area contributed by atoms with Gasteiger partial charge in [0.15, 0.2) is 0 Å². The van der Waals surface area contributed by atoms with Crippen molar-refractivity contribution in [2.75, 3.05) is 5.88 Å². The Morgan fingerprint density at radius 1 is 1.46 bits per heavy atom. The van der Waals surface area contributed by atoms with Crippen molar-refractivity contribution in [2.45, 2.75) is 13.0 Å². The van der Waals surface area contributed by atoms with E-state index in [4.69, 9.17) is 16.7 Å². The van der Waals surface area contributed by atoms with E-state index in [0.717, 1.165) is 5.56 Å². The summed E-state index contributed by atoms with van der Waals surface area (Å²) in [7, 11) is 0. The predicted octanol–water partition coefficient (Wildman–Crippen LogP) is 1.55. The molecule has 0 amide bonds. The van der Waals surface area contributed by atoms with Gasteiger partial charge in [0.05, 0.1) is 6.61 Å². The molecule has 1 N–H and O–H groups in total. The second kappa shape index (κ2) is 5.58. The lowest BCUT2D eigenvalue weighted by Gasteiger charge is -1.93. The summed E-state index contributed by atoms with van der Waals surface area (Å²) in [4.78, 5) is 4.04. The molecule has 2 nitrogen and oxygen atoms in total. The molecule has 1 rings (SSSR count). The standard InChI is InChI=1S/C10H10ClNO/c11-6-2-1-3-10-5-4-9(8-13)7-12-10/h4-5,7,13H,2,6,8H2. The maximum Gasteiger partial charge on any atom is 0.113 e. The zero-order valence-corrected chi connectivity index (χ0v) is 7.88. The molecule has 1 aromatic heterocycles. The molecule has 1 heterocycles. The van der Waals surface area contributed by atoms with Gasteiger partial charge in [0, 0.05) is 18.5 Å². The van der Waals surface area contributed by atoms with Crippen LogP contribution < -0.4 is 0 Å². The van der Waals surface area contributed by atoms with E-state index in [-0.39, 0.29) is 6.61 Å². The SMILES string of the molecule is OCc1ccc(C#CCCCl)nc1. The number of aromatic nitrogens is 1. The number of pyridine rings is 1. The first kappa shape index (κ1) is 10.0. The summed E-state index contributed by atoms with van der Waals surface area (Å²) >= 11 is 5.46. The minimum Gasteiger partial charge on any atom is -0.392 e. The molecule has 0 bridgehead atoms. The van der Waals surface area contributed by atoms with E-state index in [1.54, 1.807) is 18.3 Å². The maximum atomic E-state index is 8.75. The lowest BCUT2D eigenvalue weighted by atomic mass is 10.2. The fourth-order valence-corrected chi connectivity index (χ4v) is 0.887. The summed E-state index contributed by atoms with van der Waals surface area (Å²) in [5.74, 6) is 6.29. The number of hydrogen-bond acceptors (Lipinski definition) is 2. The third kappa shape index (κ3) is 3.45. The Bertz CT molecular complexity index is 310. The molecule has 0 aromatic carbocycles. The molecule has 0 atom stereocenters. The Morgan fingerprint density at radius 2 is 2.31 bits per heavy atom. The van der Waals surface area contributed by atoms with Gasteiger partial charge < -0.3 is 5.11 Å². The summed E-state index contributed by atoms with van der Waals surface area (Å²) in [6, 6.07) is 3.59. The van der Waals surface area contributed by atoms with Crippen molar-refractivity contribution in [3.05, 3.63) is 29.6 Å². The zero-order chi connectivity index (χ0) is 9.52. The molecular formula is C10H10ClNO. The van der Waals surface area contributed by atoms with Gasteiger partial charge in [0.2, 0.25) is 0 Å². The van der Waals surface area contributed by atoms with Gasteiger partial charge in [-0.25, -0.2) is 4.98 Å². The smallest absolute Gasteiger partial charge is 0.113 e. The van der Waals surface area contributed by atoms with Crippen molar-refractivity contribution < 1.29 is 5.11 Å². The van der Waals surface area contributed by atoms with Gasteiger partial charge in [0.1, 0.15) is 5.69 Å². The van der Waals surface area contributed by atoms with E-state index in [2.05, 4.69) is 16.8 Å². The third-order valence-electron chi connectivity index (χ3n) is 1.44. The summed E-state index contributed by atoms with van der Waals surface area (Å²) in [6.07, 6.45) is 2.29.